The van der Waals surface area contributed by atoms with E-state index in [2.05, 4.69) is 4.72 Å². The van der Waals surface area contributed by atoms with Crippen LogP contribution in [0.1, 0.15) is 5.56 Å². The molecule has 0 fully saturated rings. The number of methoxy groups -OCH3 is 1. The van der Waals surface area contributed by atoms with E-state index in [4.69, 9.17) is 14.7 Å². The Morgan fingerprint density at radius 1 is 1.35 bits per heavy atom. The van der Waals surface area contributed by atoms with Crippen molar-refractivity contribution >= 4 is 10.0 Å². The van der Waals surface area contributed by atoms with Crippen LogP contribution in [0.3, 0.4) is 0 Å². The molecule has 0 amide bonds. The maximum absolute atomic E-state index is 13.4. The Labute approximate surface area is 117 Å². The van der Waals surface area contributed by atoms with Crippen molar-refractivity contribution in [3.63, 3.8) is 0 Å². The third-order valence-corrected chi connectivity index (χ3v) is 3.85. The molecule has 110 valence electrons. The first kappa shape index (κ1) is 16.5. The van der Waals surface area contributed by atoms with Crippen molar-refractivity contribution in [2.45, 2.75) is 4.90 Å². The number of rotatable bonds is 8. The molecular formula is C12H15FN2O4S. The van der Waals surface area contributed by atoms with E-state index in [1.54, 1.807) is 6.07 Å². The average molecular weight is 302 g/mol. The summed E-state index contributed by atoms with van der Waals surface area (Å²) in [5.41, 5.74) is -0.500. The first-order valence-electron chi connectivity index (χ1n) is 5.78. The van der Waals surface area contributed by atoms with Gasteiger partial charge < -0.3 is 9.47 Å². The topological polar surface area (TPSA) is 88.4 Å². The van der Waals surface area contributed by atoms with E-state index >= 15 is 0 Å². The van der Waals surface area contributed by atoms with E-state index in [9.17, 15) is 12.8 Å². The van der Waals surface area contributed by atoms with Gasteiger partial charge >= 0.3 is 0 Å². The van der Waals surface area contributed by atoms with Gasteiger partial charge in [0.05, 0.1) is 19.8 Å². The summed E-state index contributed by atoms with van der Waals surface area (Å²) in [7, 11) is -2.41. The maximum atomic E-state index is 13.4. The molecule has 0 saturated carbocycles. The first-order valence-corrected chi connectivity index (χ1v) is 7.26. The smallest absolute Gasteiger partial charge is 0.242 e. The van der Waals surface area contributed by atoms with Crippen molar-refractivity contribution in [2.75, 3.05) is 33.5 Å². The number of halogens is 1. The van der Waals surface area contributed by atoms with E-state index in [-0.39, 0.29) is 18.0 Å². The third kappa shape index (κ3) is 4.54. The van der Waals surface area contributed by atoms with Crippen molar-refractivity contribution in [2.24, 2.45) is 0 Å². The van der Waals surface area contributed by atoms with Crippen LogP contribution in [0.5, 0.6) is 0 Å². The van der Waals surface area contributed by atoms with Crippen LogP contribution in [-0.4, -0.2) is 41.9 Å². The van der Waals surface area contributed by atoms with E-state index in [0.29, 0.717) is 13.2 Å². The van der Waals surface area contributed by atoms with Crippen LogP contribution in [-0.2, 0) is 19.5 Å². The van der Waals surface area contributed by atoms with Crippen molar-refractivity contribution in [3.05, 3.63) is 29.6 Å². The highest BCUT2D eigenvalue weighted by Gasteiger charge is 2.20. The molecule has 20 heavy (non-hydrogen) atoms. The predicted molar refractivity (Wildman–Crippen MR) is 69.0 cm³/mol. The van der Waals surface area contributed by atoms with Crippen LogP contribution in [0, 0.1) is 17.1 Å². The van der Waals surface area contributed by atoms with Gasteiger partial charge in [0.15, 0.2) is 0 Å². The van der Waals surface area contributed by atoms with Gasteiger partial charge in [0.25, 0.3) is 0 Å². The highest BCUT2D eigenvalue weighted by molar-refractivity contribution is 7.89. The lowest BCUT2D eigenvalue weighted by molar-refractivity contribution is 0.0736. The van der Waals surface area contributed by atoms with Crippen LogP contribution >= 0.6 is 0 Å². The van der Waals surface area contributed by atoms with Crippen molar-refractivity contribution in [3.8, 4) is 6.07 Å². The molecule has 0 aliphatic carbocycles. The fourth-order valence-corrected chi connectivity index (χ4v) is 2.58. The summed E-state index contributed by atoms with van der Waals surface area (Å²) < 4.78 is 49.3. The zero-order chi connectivity index (χ0) is 15.0. The third-order valence-electron chi connectivity index (χ3n) is 2.35. The predicted octanol–water partition coefficient (Wildman–Crippen LogP) is 0.639. The largest absolute Gasteiger partial charge is 0.382 e. The minimum Gasteiger partial charge on any atom is -0.382 e. The number of sulfonamides is 1. The summed E-state index contributed by atoms with van der Waals surface area (Å²) in [5.74, 6) is -0.869. The lowest BCUT2D eigenvalue weighted by atomic mass is 10.2. The molecule has 0 aliphatic rings. The highest BCUT2D eigenvalue weighted by atomic mass is 32.2. The molecule has 0 heterocycles. The summed E-state index contributed by atoms with van der Waals surface area (Å²) in [6.45, 7) is 0.935. The van der Waals surface area contributed by atoms with Gasteiger partial charge in [-0.15, -0.1) is 0 Å². The SMILES string of the molecule is COCCOCCNS(=O)(=O)c1cccc(F)c1C#N. The van der Waals surface area contributed by atoms with Crippen molar-refractivity contribution in [1.29, 1.82) is 5.26 Å². The lowest BCUT2D eigenvalue weighted by Crippen LogP contribution is -2.28. The number of hydrogen-bond acceptors (Lipinski definition) is 5. The molecule has 0 unspecified atom stereocenters. The normalized spacial score (nSPS) is 11.2. The Hall–Kier alpha value is -1.53. The molecule has 0 aromatic heterocycles. The molecule has 0 atom stereocenters. The van der Waals surface area contributed by atoms with Crippen molar-refractivity contribution < 1.29 is 22.3 Å². The summed E-state index contributed by atoms with van der Waals surface area (Å²) in [4.78, 5) is -0.378. The van der Waals surface area contributed by atoms with Gasteiger partial charge in [0, 0.05) is 13.7 Å². The fourth-order valence-electron chi connectivity index (χ4n) is 1.41. The maximum Gasteiger partial charge on any atom is 0.242 e. The summed E-state index contributed by atoms with van der Waals surface area (Å²) in [6, 6.07) is 4.99. The Morgan fingerprint density at radius 2 is 2.10 bits per heavy atom. The molecule has 1 aromatic rings. The van der Waals surface area contributed by atoms with Gasteiger partial charge in [0.2, 0.25) is 10.0 Å². The number of nitrogens with one attached hydrogen (secondary N) is 1. The number of hydrogen-bond donors (Lipinski definition) is 1. The molecule has 8 heteroatoms. The Morgan fingerprint density at radius 3 is 2.75 bits per heavy atom. The molecular weight excluding hydrogens is 287 g/mol. The number of benzene rings is 1. The number of nitriles is 1. The zero-order valence-electron chi connectivity index (χ0n) is 10.9. The Balaban J connectivity index is 2.66. The molecule has 0 spiro atoms. The van der Waals surface area contributed by atoms with Gasteiger partial charge in [0.1, 0.15) is 22.3 Å². The van der Waals surface area contributed by atoms with Crippen LogP contribution in [0.2, 0.25) is 0 Å². The molecule has 6 nitrogen and oxygen atoms in total. The Kier molecular flexibility index (Phi) is 6.54. The summed E-state index contributed by atoms with van der Waals surface area (Å²) in [5, 5.41) is 8.81. The molecule has 0 aliphatic heterocycles. The molecule has 1 rings (SSSR count). The highest BCUT2D eigenvalue weighted by Crippen LogP contribution is 2.17. The van der Waals surface area contributed by atoms with Crippen molar-refractivity contribution in [1.82, 2.24) is 4.72 Å². The van der Waals surface area contributed by atoms with Gasteiger partial charge in [-0.25, -0.2) is 17.5 Å². The van der Waals surface area contributed by atoms with E-state index in [1.807, 2.05) is 0 Å². The van der Waals surface area contributed by atoms with Gasteiger partial charge in [-0.05, 0) is 12.1 Å². The molecule has 0 bridgehead atoms. The van der Waals surface area contributed by atoms with Gasteiger partial charge in [-0.1, -0.05) is 6.07 Å². The summed E-state index contributed by atoms with van der Waals surface area (Å²) in [6.07, 6.45) is 0. The molecule has 1 aromatic carbocycles. The molecule has 0 radical (unpaired) electrons. The van der Waals surface area contributed by atoms with Gasteiger partial charge in [-0.2, -0.15) is 5.26 Å². The number of nitrogens with zero attached hydrogens (tertiary/aromatic N) is 1. The number of ether oxygens (including phenoxy) is 2. The van der Waals surface area contributed by atoms with E-state index in [0.717, 1.165) is 6.07 Å². The minimum atomic E-state index is -3.94. The van der Waals surface area contributed by atoms with E-state index < -0.39 is 21.4 Å². The fraction of sp³-hybridized carbons (Fsp3) is 0.417. The van der Waals surface area contributed by atoms with Crippen LogP contribution in [0.15, 0.2) is 23.1 Å². The quantitative estimate of drug-likeness (QED) is 0.712. The van der Waals surface area contributed by atoms with E-state index in [1.165, 1.54) is 19.2 Å². The molecule has 0 saturated heterocycles. The second-order valence-corrected chi connectivity index (χ2v) is 5.46. The second kappa shape index (κ2) is 7.91. The first-order chi connectivity index (χ1) is 9.53. The zero-order valence-corrected chi connectivity index (χ0v) is 11.7. The van der Waals surface area contributed by atoms with Crippen LogP contribution < -0.4 is 4.72 Å². The monoisotopic (exact) mass is 302 g/mol. The minimum absolute atomic E-state index is 0.0213. The Bertz CT molecular complexity index is 584. The summed E-state index contributed by atoms with van der Waals surface area (Å²) >= 11 is 0. The van der Waals surface area contributed by atoms with Crippen LogP contribution in [0.25, 0.3) is 0 Å². The second-order valence-electron chi connectivity index (χ2n) is 3.73. The average Bonchev–Trinajstić information content (AvgIpc) is 2.42. The standard InChI is InChI=1S/C12H15FN2O4S/c1-18-7-8-19-6-5-15-20(16,17)12-4-2-3-11(13)10(12)9-14/h2-4,15H,5-8H2,1H3. The lowest BCUT2D eigenvalue weighted by Gasteiger charge is -2.09. The van der Waals surface area contributed by atoms with Crippen LogP contribution in [0.4, 0.5) is 4.39 Å². The van der Waals surface area contributed by atoms with Gasteiger partial charge in [-0.3, -0.25) is 0 Å². The molecule has 1 N–H and O–H groups in total.